The number of ether oxygens (including phenoxy) is 1. The van der Waals surface area contributed by atoms with Crippen LogP contribution in [0.25, 0.3) is 0 Å². The van der Waals surface area contributed by atoms with Crippen LogP contribution in [0.1, 0.15) is 32.3 Å². The minimum Gasteiger partial charge on any atom is -0.491 e. The summed E-state index contributed by atoms with van der Waals surface area (Å²) in [6, 6.07) is 8.07. The third kappa shape index (κ3) is 3.20. The topological polar surface area (TPSA) is 41.5 Å². The van der Waals surface area contributed by atoms with Crippen molar-refractivity contribution < 1.29 is 9.84 Å². The molecule has 1 aliphatic rings. The van der Waals surface area contributed by atoms with E-state index in [1.165, 1.54) is 0 Å². The highest BCUT2D eigenvalue weighted by molar-refractivity contribution is 5.33. The maximum Gasteiger partial charge on any atom is 0.124 e. The molecule has 0 spiro atoms. The molecule has 3 nitrogen and oxygen atoms in total. The molecule has 2 N–H and O–H groups in total. The van der Waals surface area contributed by atoms with Gasteiger partial charge in [0.15, 0.2) is 0 Å². The molecule has 1 fully saturated rings. The Morgan fingerprint density at radius 3 is 2.65 bits per heavy atom. The number of aliphatic hydroxyl groups is 1. The predicted molar refractivity (Wildman–Crippen MR) is 68.1 cm³/mol. The van der Waals surface area contributed by atoms with Crippen LogP contribution < -0.4 is 10.1 Å². The highest BCUT2D eigenvalue weighted by Gasteiger charge is 2.41. The van der Waals surface area contributed by atoms with Gasteiger partial charge in [-0.05, 0) is 32.8 Å². The average molecular weight is 235 g/mol. The molecule has 94 valence electrons. The van der Waals surface area contributed by atoms with Crippen LogP contribution >= 0.6 is 0 Å². The molecular weight excluding hydrogens is 214 g/mol. The van der Waals surface area contributed by atoms with Crippen LogP contribution in [-0.2, 0) is 6.54 Å². The first-order valence-electron chi connectivity index (χ1n) is 6.26. The molecule has 0 atom stereocenters. The largest absolute Gasteiger partial charge is 0.491 e. The number of para-hydroxylation sites is 1. The summed E-state index contributed by atoms with van der Waals surface area (Å²) in [5.74, 6) is 0.934. The van der Waals surface area contributed by atoms with Gasteiger partial charge >= 0.3 is 0 Å². The number of hydrogen-bond donors (Lipinski definition) is 2. The van der Waals surface area contributed by atoms with E-state index < -0.39 is 0 Å². The molecule has 0 aliphatic heterocycles. The normalized spacial score (nSPS) is 17.2. The minimum atomic E-state index is -0.0229. The molecule has 17 heavy (non-hydrogen) atoms. The SMILES string of the molecule is CC(C)Oc1ccccc1CNC1(CO)CC1. The van der Waals surface area contributed by atoms with Crippen LogP contribution in [-0.4, -0.2) is 23.4 Å². The van der Waals surface area contributed by atoms with Crippen molar-refractivity contribution in [3.05, 3.63) is 29.8 Å². The molecule has 0 amide bonds. The van der Waals surface area contributed by atoms with Gasteiger partial charge in [-0.25, -0.2) is 0 Å². The lowest BCUT2D eigenvalue weighted by Gasteiger charge is -2.18. The zero-order chi connectivity index (χ0) is 12.3. The summed E-state index contributed by atoms with van der Waals surface area (Å²) >= 11 is 0. The van der Waals surface area contributed by atoms with Crippen molar-refractivity contribution in [2.45, 2.75) is 44.9 Å². The van der Waals surface area contributed by atoms with Crippen molar-refractivity contribution in [2.24, 2.45) is 0 Å². The second-order valence-electron chi connectivity index (χ2n) is 5.07. The van der Waals surface area contributed by atoms with Gasteiger partial charge in [-0.3, -0.25) is 0 Å². The summed E-state index contributed by atoms with van der Waals surface area (Å²) in [6.45, 7) is 5.03. The molecule has 0 saturated heterocycles. The Balaban J connectivity index is 1.99. The quantitative estimate of drug-likeness (QED) is 0.793. The Bertz CT molecular complexity index is 372. The Hall–Kier alpha value is -1.06. The first kappa shape index (κ1) is 12.4. The van der Waals surface area contributed by atoms with E-state index in [0.29, 0.717) is 0 Å². The Morgan fingerprint density at radius 2 is 2.06 bits per heavy atom. The van der Waals surface area contributed by atoms with E-state index in [4.69, 9.17) is 4.74 Å². The van der Waals surface area contributed by atoms with Gasteiger partial charge in [0.2, 0.25) is 0 Å². The smallest absolute Gasteiger partial charge is 0.124 e. The van der Waals surface area contributed by atoms with Crippen molar-refractivity contribution in [1.82, 2.24) is 5.32 Å². The van der Waals surface area contributed by atoms with Crippen molar-refractivity contribution >= 4 is 0 Å². The zero-order valence-electron chi connectivity index (χ0n) is 10.6. The summed E-state index contributed by atoms with van der Waals surface area (Å²) in [5.41, 5.74) is 1.13. The van der Waals surface area contributed by atoms with E-state index in [2.05, 4.69) is 11.4 Å². The van der Waals surface area contributed by atoms with E-state index >= 15 is 0 Å². The summed E-state index contributed by atoms with van der Waals surface area (Å²) in [7, 11) is 0. The van der Waals surface area contributed by atoms with Crippen molar-refractivity contribution in [2.75, 3.05) is 6.61 Å². The summed E-state index contributed by atoms with van der Waals surface area (Å²) in [6.07, 6.45) is 2.32. The maximum atomic E-state index is 9.26. The van der Waals surface area contributed by atoms with Gasteiger partial charge in [-0.2, -0.15) is 0 Å². The van der Waals surface area contributed by atoms with Crippen LogP contribution in [0.4, 0.5) is 0 Å². The van der Waals surface area contributed by atoms with Gasteiger partial charge in [0, 0.05) is 17.6 Å². The van der Waals surface area contributed by atoms with E-state index in [0.717, 1.165) is 30.7 Å². The summed E-state index contributed by atoms with van der Waals surface area (Å²) < 4.78 is 5.76. The first-order chi connectivity index (χ1) is 8.15. The number of benzene rings is 1. The van der Waals surface area contributed by atoms with Gasteiger partial charge in [0.05, 0.1) is 12.7 Å². The van der Waals surface area contributed by atoms with Crippen LogP contribution in [0, 0.1) is 0 Å². The highest BCUT2D eigenvalue weighted by atomic mass is 16.5. The molecular formula is C14H21NO2. The number of rotatable bonds is 6. The van der Waals surface area contributed by atoms with Crippen LogP contribution in [0.3, 0.4) is 0 Å². The molecule has 1 saturated carbocycles. The molecule has 0 bridgehead atoms. The molecule has 1 aromatic rings. The van der Waals surface area contributed by atoms with Gasteiger partial charge in [0.25, 0.3) is 0 Å². The molecule has 1 aliphatic carbocycles. The van der Waals surface area contributed by atoms with Crippen molar-refractivity contribution in [1.29, 1.82) is 0 Å². The van der Waals surface area contributed by atoms with E-state index in [1.807, 2.05) is 32.0 Å². The molecule has 1 aromatic carbocycles. The van der Waals surface area contributed by atoms with Gasteiger partial charge in [-0.15, -0.1) is 0 Å². The molecule has 0 heterocycles. The van der Waals surface area contributed by atoms with Crippen LogP contribution in [0.15, 0.2) is 24.3 Å². The lowest BCUT2D eigenvalue weighted by molar-refractivity contribution is 0.224. The Morgan fingerprint density at radius 1 is 1.35 bits per heavy atom. The number of nitrogens with one attached hydrogen (secondary N) is 1. The second-order valence-corrected chi connectivity index (χ2v) is 5.07. The lowest BCUT2D eigenvalue weighted by atomic mass is 10.1. The number of aliphatic hydroxyl groups excluding tert-OH is 1. The molecule has 0 radical (unpaired) electrons. The number of hydrogen-bond acceptors (Lipinski definition) is 3. The second kappa shape index (κ2) is 5.07. The fourth-order valence-corrected chi connectivity index (χ4v) is 1.84. The van der Waals surface area contributed by atoms with E-state index in [-0.39, 0.29) is 18.2 Å². The zero-order valence-corrected chi connectivity index (χ0v) is 10.6. The average Bonchev–Trinajstić information content (AvgIpc) is 3.08. The van der Waals surface area contributed by atoms with Crippen molar-refractivity contribution in [3.8, 4) is 5.75 Å². The van der Waals surface area contributed by atoms with Gasteiger partial charge in [0.1, 0.15) is 5.75 Å². The van der Waals surface area contributed by atoms with E-state index in [1.54, 1.807) is 0 Å². The molecule has 3 heteroatoms. The minimum absolute atomic E-state index is 0.0229. The molecule has 2 rings (SSSR count). The van der Waals surface area contributed by atoms with E-state index in [9.17, 15) is 5.11 Å². The Kier molecular flexibility index (Phi) is 3.69. The Labute approximate surface area is 103 Å². The van der Waals surface area contributed by atoms with Gasteiger partial charge in [-0.1, -0.05) is 18.2 Å². The monoisotopic (exact) mass is 235 g/mol. The first-order valence-corrected chi connectivity index (χ1v) is 6.26. The van der Waals surface area contributed by atoms with Crippen LogP contribution in [0.5, 0.6) is 5.75 Å². The lowest BCUT2D eigenvalue weighted by Crippen LogP contribution is -2.34. The fraction of sp³-hybridized carbons (Fsp3) is 0.571. The molecule has 0 aromatic heterocycles. The summed E-state index contributed by atoms with van der Waals surface area (Å²) in [5, 5.41) is 12.7. The third-order valence-corrected chi connectivity index (χ3v) is 3.15. The fourth-order valence-electron chi connectivity index (χ4n) is 1.84. The maximum absolute atomic E-state index is 9.26. The predicted octanol–water partition coefficient (Wildman–Crippen LogP) is 2.09. The summed E-state index contributed by atoms with van der Waals surface area (Å²) in [4.78, 5) is 0. The third-order valence-electron chi connectivity index (χ3n) is 3.15. The van der Waals surface area contributed by atoms with Gasteiger partial charge < -0.3 is 15.2 Å². The highest BCUT2D eigenvalue weighted by Crippen LogP contribution is 2.35. The van der Waals surface area contributed by atoms with Crippen molar-refractivity contribution in [3.63, 3.8) is 0 Å². The standard InChI is InChI=1S/C14H21NO2/c1-11(2)17-13-6-4-3-5-12(13)9-15-14(10-16)7-8-14/h3-6,11,15-16H,7-10H2,1-2H3. The van der Waals surface area contributed by atoms with Crippen LogP contribution in [0.2, 0.25) is 0 Å². The molecule has 0 unspecified atom stereocenters.